The van der Waals surface area contributed by atoms with Gasteiger partial charge in [-0.3, -0.25) is 4.90 Å². The Labute approximate surface area is 254 Å². The topological polar surface area (TPSA) is 135 Å². The summed E-state index contributed by atoms with van der Waals surface area (Å²) in [5.41, 5.74) is 2.59. The maximum atomic E-state index is 13.5. The lowest BCUT2D eigenvalue weighted by Gasteiger charge is -2.17. The van der Waals surface area contributed by atoms with Crippen molar-refractivity contribution >= 4 is 49.9 Å². The summed E-state index contributed by atoms with van der Waals surface area (Å²) < 4.78 is 62.9. The summed E-state index contributed by atoms with van der Waals surface area (Å²) in [6.07, 6.45) is -2.04. The lowest BCUT2D eigenvalue weighted by Crippen LogP contribution is -2.33. The van der Waals surface area contributed by atoms with Crippen LogP contribution >= 0.6 is 11.6 Å². The fraction of sp³-hybridized carbons (Fsp3) is 0.167. The summed E-state index contributed by atoms with van der Waals surface area (Å²) in [7, 11) is -4.07. The van der Waals surface area contributed by atoms with E-state index in [0.29, 0.717) is 50.1 Å². The van der Waals surface area contributed by atoms with Crippen LogP contribution in [0.2, 0.25) is 5.02 Å². The summed E-state index contributed by atoms with van der Waals surface area (Å²) in [5, 5.41) is 13.8. The molecule has 222 valence electrons. The van der Waals surface area contributed by atoms with Gasteiger partial charge in [0.1, 0.15) is 51.7 Å². The molecule has 0 saturated heterocycles. The third-order valence-corrected chi connectivity index (χ3v) is 7.37. The number of carboxylic acid groups (broad SMARTS) is 1. The van der Waals surface area contributed by atoms with Crippen molar-refractivity contribution in [2.24, 2.45) is 0 Å². The molecule has 0 bridgehead atoms. The quantitative estimate of drug-likeness (QED) is 0.168. The number of furan rings is 1. The standard InChI is InChI=1S/C30H26ClFN4O6S/c1-43(39,40)12-11-36(30(37)38)16-23-7-10-27(42-23)20-5-8-26-24(14-20)29(34-18-33-26)35-22-6-9-28(25(31)15-22)41-17-19-3-2-4-21(32)13-19/h2-10,13-15,18H,11-12,16-17H2,1H3,(H,37,38)(H,33,34,35)/i1D2. The van der Waals surface area contributed by atoms with E-state index in [-0.39, 0.29) is 24.7 Å². The zero-order valence-electron chi connectivity index (χ0n) is 24.4. The zero-order valence-corrected chi connectivity index (χ0v) is 24.0. The SMILES string of the molecule is [2H]C([2H])S(=O)(=O)CCN(Cc1ccc(-c2ccc3ncnc(Nc4ccc(OCc5cccc(F)c5)c(Cl)c4)c3c2)o1)C(=O)O. The first kappa shape index (κ1) is 27.2. The molecule has 0 unspecified atom stereocenters. The van der Waals surface area contributed by atoms with Crippen molar-refractivity contribution in [1.82, 2.24) is 14.9 Å². The Kier molecular flexibility index (Phi) is 8.01. The first-order valence-electron chi connectivity index (χ1n) is 14.0. The number of nitrogens with one attached hydrogen (secondary N) is 1. The van der Waals surface area contributed by atoms with Crippen LogP contribution in [-0.2, 0) is 23.0 Å². The summed E-state index contributed by atoms with van der Waals surface area (Å²) >= 11 is 6.46. The molecule has 3 aromatic carbocycles. The summed E-state index contributed by atoms with van der Waals surface area (Å²) in [4.78, 5) is 21.2. The van der Waals surface area contributed by atoms with E-state index >= 15 is 0 Å². The largest absolute Gasteiger partial charge is 0.487 e. The molecule has 0 aliphatic carbocycles. The first-order valence-corrected chi connectivity index (χ1v) is 14.9. The van der Waals surface area contributed by atoms with Crippen LogP contribution in [0.25, 0.3) is 22.2 Å². The van der Waals surface area contributed by atoms with Crippen LogP contribution < -0.4 is 10.1 Å². The highest BCUT2D eigenvalue weighted by atomic mass is 35.5. The van der Waals surface area contributed by atoms with Crippen molar-refractivity contribution in [3.05, 3.63) is 101 Å². The van der Waals surface area contributed by atoms with Gasteiger partial charge < -0.3 is 19.6 Å². The third kappa shape index (κ3) is 7.79. The van der Waals surface area contributed by atoms with Gasteiger partial charge in [-0.1, -0.05) is 23.7 Å². The molecule has 13 heteroatoms. The number of hydrogen-bond acceptors (Lipinski definition) is 8. The van der Waals surface area contributed by atoms with Crippen molar-refractivity contribution in [2.75, 3.05) is 23.8 Å². The van der Waals surface area contributed by atoms with E-state index in [0.717, 1.165) is 4.90 Å². The number of ether oxygens (including phenoxy) is 1. The number of carbonyl (C=O) groups is 1. The Bertz CT molecular complexity index is 1960. The number of aromatic nitrogens is 2. The second-order valence-corrected chi connectivity index (χ2v) is 11.6. The van der Waals surface area contributed by atoms with E-state index in [1.807, 2.05) is 6.07 Å². The molecule has 0 radical (unpaired) electrons. The van der Waals surface area contributed by atoms with Crippen molar-refractivity contribution in [3.8, 4) is 17.1 Å². The smallest absolute Gasteiger partial charge is 0.407 e. The maximum absolute atomic E-state index is 13.5. The van der Waals surface area contributed by atoms with E-state index in [1.165, 1.54) is 18.5 Å². The van der Waals surface area contributed by atoms with E-state index < -0.39 is 34.4 Å². The molecule has 0 aliphatic rings. The Balaban J connectivity index is 1.31. The normalized spacial score (nSPS) is 12.2. The van der Waals surface area contributed by atoms with Gasteiger partial charge in [-0.2, -0.15) is 0 Å². The van der Waals surface area contributed by atoms with Crippen LogP contribution in [0.15, 0.2) is 83.5 Å². The summed E-state index contributed by atoms with van der Waals surface area (Å²) in [6.45, 7) is -0.487. The molecule has 5 aromatic rings. The second kappa shape index (κ2) is 12.7. The van der Waals surface area contributed by atoms with E-state index in [2.05, 4.69) is 15.3 Å². The minimum Gasteiger partial charge on any atom is -0.487 e. The molecule has 5 rings (SSSR count). The second-order valence-electron chi connectivity index (χ2n) is 9.48. The first-order chi connectivity index (χ1) is 21.5. The van der Waals surface area contributed by atoms with Crippen molar-refractivity contribution in [3.63, 3.8) is 0 Å². The number of hydrogen-bond donors (Lipinski definition) is 2. The predicted octanol–water partition coefficient (Wildman–Crippen LogP) is 6.53. The van der Waals surface area contributed by atoms with Gasteiger partial charge in [-0.05, 0) is 66.2 Å². The van der Waals surface area contributed by atoms with E-state index in [1.54, 1.807) is 54.6 Å². The van der Waals surface area contributed by atoms with Gasteiger partial charge in [0.05, 0.1) is 22.8 Å². The van der Waals surface area contributed by atoms with Crippen molar-refractivity contribution in [1.29, 1.82) is 0 Å². The Morgan fingerprint density at radius 1 is 1.14 bits per heavy atom. The van der Waals surface area contributed by atoms with Gasteiger partial charge in [0, 0.05) is 32.1 Å². The van der Waals surface area contributed by atoms with Gasteiger partial charge in [-0.15, -0.1) is 0 Å². The molecule has 1 amide bonds. The fourth-order valence-corrected chi connectivity index (χ4v) is 4.93. The molecule has 0 spiro atoms. The van der Waals surface area contributed by atoms with Gasteiger partial charge in [-0.25, -0.2) is 27.6 Å². The number of nitrogens with zero attached hydrogens (tertiary/aromatic N) is 3. The number of halogens is 2. The molecular weight excluding hydrogens is 599 g/mol. The average molecular weight is 627 g/mol. The zero-order chi connectivity index (χ0) is 32.1. The lowest BCUT2D eigenvalue weighted by atomic mass is 10.1. The summed E-state index contributed by atoms with van der Waals surface area (Å²) in [6, 6.07) is 19.8. The van der Waals surface area contributed by atoms with Gasteiger partial charge >= 0.3 is 6.09 Å². The van der Waals surface area contributed by atoms with Crippen LogP contribution in [0, 0.1) is 5.82 Å². The lowest BCUT2D eigenvalue weighted by molar-refractivity contribution is 0.142. The molecule has 0 atom stereocenters. The van der Waals surface area contributed by atoms with Gasteiger partial charge in [0.2, 0.25) is 0 Å². The highest BCUT2D eigenvalue weighted by Gasteiger charge is 2.18. The number of benzene rings is 3. The molecule has 10 nitrogen and oxygen atoms in total. The summed E-state index contributed by atoms with van der Waals surface area (Å²) in [5.74, 6) is 0.611. The Morgan fingerprint density at radius 3 is 2.77 bits per heavy atom. The van der Waals surface area contributed by atoms with Crippen LogP contribution in [0.5, 0.6) is 5.75 Å². The molecule has 2 N–H and O–H groups in total. The van der Waals surface area contributed by atoms with Crippen LogP contribution in [0.3, 0.4) is 0 Å². The number of sulfone groups is 1. The maximum Gasteiger partial charge on any atom is 0.407 e. The van der Waals surface area contributed by atoms with Crippen LogP contribution in [0.4, 0.5) is 20.7 Å². The number of amides is 1. The van der Waals surface area contributed by atoms with Crippen LogP contribution in [0.1, 0.15) is 14.1 Å². The number of rotatable bonds is 11. The molecule has 0 fully saturated rings. The van der Waals surface area contributed by atoms with E-state index in [4.69, 9.17) is 23.5 Å². The molecule has 2 heterocycles. The van der Waals surface area contributed by atoms with E-state index in [9.17, 15) is 22.7 Å². The third-order valence-electron chi connectivity index (χ3n) is 6.32. The number of anilines is 2. The van der Waals surface area contributed by atoms with Crippen LogP contribution in [-0.4, -0.2) is 53.0 Å². The molecular formula is C30H26ClFN4O6S. The molecule has 2 aromatic heterocycles. The Hall–Kier alpha value is -4.68. The molecule has 0 aliphatic heterocycles. The fourth-order valence-electron chi connectivity index (χ4n) is 4.22. The minimum atomic E-state index is -4.07. The van der Waals surface area contributed by atoms with Gasteiger partial charge in [0.15, 0.2) is 0 Å². The van der Waals surface area contributed by atoms with Crippen molar-refractivity contribution in [2.45, 2.75) is 13.2 Å². The Morgan fingerprint density at radius 2 is 2.00 bits per heavy atom. The van der Waals surface area contributed by atoms with Crippen molar-refractivity contribution < 1.29 is 34.6 Å². The predicted molar refractivity (Wildman–Crippen MR) is 161 cm³/mol. The highest BCUT2D eigenvalue weighted by Crippen LogP contribution is 2.33. The number of fused-ring (bicyclic) bond motifs is 1. The minimum absolute atomic E-state index is 0.146. The monoisotopic (exact) mass is 626 g/mol. The molecule has 43 heavy (non-hydrogen) atoms. The molecule has 0 saturated carbocycles. The highest BCUT2D eigenvalue weighted by molar-refractivity contribution is 7.90. The average Bonchev–Trinajstić information content (AvgIpc) is 3.47. The van der Waals surface area contributed by atoms with Gasteiger partial charge in [0.25, 0.3) is 0 Å².